The maximum Gasteiger partial charge on any atom is 0.242 e. The largest absolute Gasteiger partial charge is 0.379 e. The van der Waals surface area contributed by atoms with E-state index in [2.05, 4.69) is 10.2 Å². The molecule has 0 unspecified atom stereocenters. The Morgan fingerprint density at radius 3 is 2.23 bits per heavy atom. The average molecular weight is 410 g/mol. The van der Waals surface area contributed by atoms with Crippen LogP contribution in [0.15, 0.2) is 60.7 Å². The fourth-order valence-corrected chi connectivity index (χ4v) is 3.54. The smallest absolute Gasteiger partial charge is 0.242 e. The Morgan fingerprint density at radius 1 is 1.00 bits per heavy atom. The van der Waals surface area contributed by atoms with Crippen molar-refractivity contribution in [2.45, 2.75) is 25.9 Å². The van der Waals surface area contributed by atoms with E-state index in [4.69, 9.17) is 4.74 Å². The average Bonchev–Trinajstić information content (AvgIpc) is 2.79. The highest BCUT2D eigenvalue weighted by molar-refractivity contribution is 5.88. The van der Waals surface area contributed by atoms with Crippen LogP contribution in [0.2, 0.25) is 0 Å². The molecule has 1 N–H and O–H groups in total. The second-order valence-corrected chi connectivity index (χ2v) is 7.59. The summed E-state index contributed by atoms with van der Waals surface area (Å²) in [6.45, 7) is 6.82. The molecule has 0 aromatic heterocycles. The number of hydrogen-bond acceptors (Lipinski definition) is 4. The molecule has 1 atom stereocenters. The van der Waals surface area contributed by atoms with E-state index < -0.39 is 6.04 Å². The lowest BCUT2D eigenvalue weighted by Crippen LogP contribution is -2.49. The number of ether oxygens (including phenoxy) is 1. The number of carbonyl (C=O) groups excluding carboxylic acids is 2. The first kappa shape index (κ1) is 22.0. The number of benzene rings is 2. The lowest BCUT2D eigenvalue weighted by atomic mass is 10.1. The maximum atomic E-state index is 13.1. The Kier molecular flexibility index (Phi) is 8.41. The van der Waals surface area contributed by atoms with E-state index in [9.17, 15) is 9.59 Å². The van der Waals surface area contributed by atoms with Crippen LogP contribution in [0, 0.1) is 0 Å². The lowest BCUT2D eigenvalue weighted by Gasteiger charge is -2.30. The number of nitrogens with zero attached hydrogens (tertiary/aromatic N) is 2. The van der Waals surface area contributed by atoms with Gasteiger partial charge in [0.15, 0.2) is 0 Å². The molecular formula is C24H31N3O3. The first-order valence-corrected chi connectivity index (χ1v) is 10.6. The molecule has 1 heterocycles. The molecule has 1 aliphatic rings. The van der Waals surface area contributed by atoms with Crippen LogP contribution in [-0.2, 0) is 27.3 Å². The Balaban J connectivity index is 1.61. The van der Waals surface area contributed by atoms with E-state index >= 15 is 0 Å². The summed E-state index contributed by atoms with van der Waals surface area (Å²) in [7, 11) is 0. The predicted octanol–water partition coefficient (Wildman–Crippen LogP) is 2.09. The molecule has 0 saturated carbocycles. The fraction of sp³-hybridized carbons (Fsp3) is 0.417. The van der Waals surface area contributed by atoms with Gasteiger partial charge in [-0.2, -0.15) is 0 Å². The Labute approximate surface area is 178 Å². The minimum atomic E-state index is -0.550. The van der Waals surface area contributed by atoms with Gasteiger partial charge in [-0.05, 0) is 18.1 Å². The van der Waals surface area contributed by atoms with Gasteiger partial charge in [-0.3, -0.25) is 14.5 Å². The van der Waals surface area contributed by atoms with Crippen molar-refractivity contribution >= 4 is 11.8 Å². The van der Waals surface area contributed by atoms with E-state index in [1.807, 2.05) is 60.7 Å². The van der Waals surface area contributed by atoms with Crippen LogP contribution >= 0.6 is 0 Å². The number of rotatable bonds is 9. The van der Waals surface area contributed by atoms with Gasteiger partial charge >= 0.3 is 0 Å². The Bertz CT molecular complexity index is 792. The molecule has 1 aliphatic heterocycles. The molecule has 30 heavy (non-hydrogen) atoms. The summed E-state index contributed by atoms with van der Waals surface area (Å²) in [6, 6.07) is 18.9. The molecule has 3 rings (SSSR count). The SMILES string of the molecule is C[C@H](C(=O)NCCN1CCOCC1)N(Cc1ccccc1)C(=O)Cc1ccccc1. The second kappa shape index (κ2) is 11.5. The summed E-state index contributed by atoms with van der Waals surface area (Å²) in [4.78, 5) is 29.9. The van der Waals surface area contributed by atoms with Crippen molar-refractivity contribution in [3.05, 3.63) is 71.8 Å². The van der Waals surface area contributed by atoms with E-state index in [0.29, 0.717) is 13.1 Å². The van der Waals surface area contributed by atoms with E-state index in [1.165, 1.54) is 0 Å². The zero-order chi connectivity index (χ0) is 21.2. The molecular weight excluding hydrogens is 378 g/mol. The number of hydrogen-bond donors (Lipinski definition) is 1. The van der Waals surface area contributed by atoms with Gasteiger partial charge in [0, 0.05) is 32.7 Å². The molecule has 2 aromatic carbocycles. The molecule has 0 spiro atoms. The highest BCUT2D eigenvalue weighted by Crippen LogP contribution is 2.12. The zero-order valence-electron chi connectivity index (χ0n) is 17.6. The van der Waals surface area contributed by atoms with Crippen molar-refractivity contribution in [1.82, 2.24) is 15.1 Å². The standard InChI is InChI=1S/C24H31N3O3/c1-20(24(29)25-12-13-26-14-16-30-17-15-26)27(19-22-10-6-3-7-11-22)23(28)18-21-8-4-2-5-9-21/h2-11,20H,12-19H2,1H3,(H,25,29)/t20-/m1/s1. The van der Waals surface area contributed by atoms with Crippen molar-refractivity contribution < 1.29 is 14.3 Å². The van der Waals surface area contributed by atoms with E-state index in [1.54, 1.807) is 11.8 Å². The quantitative estimate of drug-likeness (QED) is 0.689. The maximum absolute atomic E-state index is 13.1. The van der Waals surface area contributed by atoms with Crippen LogP contribution < -0.4 is 5.32 Å². The molecule has 0 aliphatic carbocycles. The number of morpholine rings is 1. The van der Waals surface area contributed by atoms with Crippen LogP contribution in [0.4, 0.5) is 0 Å². The van der Waals surface area contributed by atoms with E-state index in [0.717, 1.165) is 44.0 Å². The van der Waals surface area contributed by atoms with Crippen molar-refractivity contribution in [1.29, 1.82) is 0 Å². The monoisotopic (exact) mass is 409 g/mol. The third kappa shape index (κ3) is 6.68. The third-order valence-electron chi connectivity index (χ3n) is 5.39. The molecule has 0 bridgehead atoms. The predicted molar refractivity (Wildman–Crippen MR) is 117 cm³/mol. The van der Waals surface area contributed by atoms with Gasteiger partial charge in [0.05, 0.1) is 19.6 Å². The van der Waals surface area contributed by atoms with E-state index in [-0.39, 0.29) is 18.2 Å². The third-order valence-corrected chi connectivity index (χ3v) is 5.39. The van der Waals surface area contributed by atoms with Gasteiger partial charge in [0.2, 0.25) is 11.8 Å². The molecule has 6 heteroatoms. The molecule has 1 fully saturated rings. The first-order valence-electron chi connectivity index (χ1n) is 10.6. The minimum Gasteiger partial charge on any atom is -0.379 e. The van der Waals surface area contributed by atoms with Crippen LogP contribution in [0.5, 0.6) is 0 Å². The van der Waals surface area contributed by atoms with Crippen molar-refractivity contribution in [2.75, 3.05) is 39.4 Å². The number of amides is 2. The van der Waals surface area contributed by atoms with Gasteiger partial charge in [-0.15, -0.1) is 0 Å². The highest BCUT2D eigenvalue weighted by Gasteiger charge is 2.26. The van der Waals surface area contributed by atoms with Gasteiger partial charge in [0.25, 0.3) is 0 Å². The molecule has 160 valence electrons. The Hall–Kier alpha value is -2.70. The second-order valence-electron chi connectivity index (χ2n) is 7.59. The Morgan fingerprint density at radius 2 is 1.60 bits per heavy atom. The number of carbonyl (C=O) groups is 2. The number of nitrogens with one attached hydrogen (secondary N) is 1. The normalized spacial score (nSPS) is 15.4. The topological polar surface area (TPSA) is 61.9 Å². The molecule has 1 saturated heterocycles. The lowest BCUT2D eigenvalue weighted by molar-refractivity contribution is -0.140. The summed E-state index contributed by atoms with van der Waals surface area (Å²) >= 11 is 0. The van der Waals surface area contributed by atoms with Gasteiger partial charge in [-0.1, -0.05) is 60.7 Å². The van der Waals surface area contributed by atoms with Gasteiger partial charge < -0.3 is 15.0 Å². The molecule has 6 nitrogen and oxygen atoms in total. The fourth-order valence-electron chi connectivity index (χ4n) is 3.54. The minimum absolute atomic E-state index is 0.0547. The summed E-state index contributed by atoms with van der Waals surface area (Å²) in [5.41, 5.74) is 1.95. The van der Waals surface area contributed by atoms with Crippen LogP contribution in [0.3, 0.4) is 0 Å². The van der Waals surface area contributed by atoms with Crippen LogP contribution in [-0.4, -0.2) is 67.0 Å². The summed E-state index contributed by atoms with van der Waals surface area (Å²) in [6.07, 6.45) is 0.277. The molecule has 2 amide bonds. The first-order chi connectivity index (χ1) is 14.6. The summed E-state index contributed by atoms with van der Waals surface area (Å²) in [5.74, 6) is -0.179. The highest BCUT2D eigenvalue weighted by atomic mass is 16.5. The van der Waals surface area contributed by atoms with Gasteiger partial charge in [-0.25, -0.2) is 0 Å². The molecule has 0 radical (unpaired) electrons. The zero-order valence-corrected chi connectivity index (χ0v) is 17.6. The van der Waals surface area contributed by atoms with Crippen molar-refractivity contribution in [2.24, 2.45) is 0 Å². The molecule has 2 aromatic rings. The van der Waals surface area contributed by atoms with Crippen molar-refractivity contribution in [3.63, 3.8) is 0 Å². The van der Waals surface area contributed by atoms with Crippen LogP contribution in [0.25, 0.3) is 0 Å². The van der Waals surface area contributed by atoms with Gasteiger partial charge in [0.1, 0.15) is 6.04 Å². The van der Waals surface area contributed by atoms with Crippen molar-refractivity contribution in [3.8, 4) is 0 Å². The summed E-state index contributed by atoms with van der Waals surface area (Å²) < 4.78 is 5.36. The van der Waals surface area contributed by atoms with Crippen LogP contribution in [0.1, 0.15) is 18.1 Å². The summed E-state index contributed by atoms with van der Waals surface area (Å²) in [5, 5.41) is 3.00.